The summed E-state index contributed by atoms with van der Waals surface area (Å²) in [6, 6.07) is 0. The zero-order valence-electron chi connectivity index (χ0n) is 9.60. The molecule has 0 aromatic heterocycles. The Morgan fingerprint density at radius 3 is 2.88 bits per heavy atom. The van der Waals surface area contributed by atoms with Crippen LogP contribution in [0.2, 0.25) is 0 Å². The van der Waals surface area contributed by atoms with Gasteiger partial charge in [0, 0.05) is 4.48 Å². The van der Waals surface area contributed by atoms with Crippen molar-refractivity contribution in [3.05, 3.63) is 10.6 Å². The number of carbonyl (C=O) groups excluding carboxylic acids is 2. The van der Waals surface area contributed by atoms with Crippen molar-refractivity contribution in [3.8, 4) is 0 Å². The predicted octanol–water partition coefficient (Wildman–Crippen LogP) is 1.57. The lowest BCUT2D eigenvalue weighted by molar-refractivity contribution is -0.149. The van der Waals surface area contributed by atoms with E-state index in [0.29, 0.717) is 6.42 Å². The standard InChI is InChI=1S/C12H13BrO4/c1-3-8-12-7(13)4-6(17-12)9(5(2)14)10(12)11(15)16-8/h4,6,8-10H,3H2,1-2H3/t6-,8+,9+,10+,12-/m0/s1. The van der Waals surface area contributed by atoms with Gasteiger partial charge in [0.15, 0.2) is 5.60 Å². The van der Waals surface area contributed by atoms with E-state index in [2.05, 4.69) is 15.9 Å². The fourth-order valence-corrected chi connectivity index (χ4v) is 4.21. The lowest BCUT2D eigenvalue weighted by Crippen LogP contribution is -2.44. The van der Waals surface area contributed by atoms with Gasteiger partial charge in [0.05, 0.1) is 12.0 Å². The van der Waals surface area contributed by atoms with Crippen molar-refractivity contribution in [2.24, 2.45) is 11.8 Å². The lowest BCUT2D eigenvalue weighted by atomic mass is 9.73. The summed E-state index contributed by atoms with van der Waals surface area (Å²) in [5.41, 5.74) is -0.743. The molecule has 5 atom stereocenters. The van der Waals surface area contributed by atoms with Crippen LogP contribution in [0.25, 0.3) is 0 Å². The predicted molar refractivity (Wildman–Crippen MR) is 62.4 cm³/mol. The highest BCUT2D eigenvalue weighted by atomic mass is 79.9. The number of rotatable bonds is 2. The van der Waals surface area contributed by atoms with Gasteiger partial charge in [-0.3, -0.25) is 9.59 Å². The number of carbonyl (C=O) groups is 2. The van der Waals surface area contributed by atoms with E-state index in [0.717, 1.165) is 4.48 Å². The molecule has 3 rings (SSSR count). The number of halogens is 1. The molecule has 2 fully saturated rings. The quantitative estimate of drug-likeness (QED) is 0.727. The van der Waals surface area contributed by atoms with Gasteiger partial charge in [0.25, 0.3) is 0 Å². The number of ketones is 1. The molecule has 0 unspecified atom stereocenters. The van der Waals surface area contributed by atoms with E-state index in [1.165, 1.54) is 6.92 Å². The van der Waals surface area contributed by atoms with Gasteiger partial charge in [-0.2, -0.15) is 0 Å². The van der Waals surface area contributed by atoms with E-state index in [1.807, 2.05) is 13.0 Å². The first-order valence-corrected chi connectivity index (χ1v) is 6.58. The van der Waals surface area contributed by atoms with Crippen LogP contribution >= 0.6 is 15.9 Å². The van der Waals surface area contributed by atoms with Gasteiger partial charge >= 0.3 is 5.97 Å². The second-order valence-electron chi connectivity index (χ2n) is 4.84. The topological polar surface area (TPSA) is 52.6 Å². The van der Waals surface area contributed by atoms with E-state index in [-0.39, 0.29) is 29.9 Å². The molecule has 0 aromatic rings. The summed E-state index contributed by atoms with van der Waals surface area (Å²) in [6.07, 6.45) is 2.00. The van der Waals surface area contributed by atoms with Gasteiger partial charge in [-0.1, -0.05) is 22.9 Å². The molecule has 3 aliphatic heterocycles. The Balaban J connectivity index is 2.12. The van der Waals surface area contributed by atoms with Crippen molar-refractivity contribution >= 4 is 27.7 Å². The Kier molecular flexibility index (Phi) is 2.29. The van der Waals surface area contributed by atoms with Gasteiger partial charge in [0.2, 0.25) is 0 Å². The minimum atomic E-state index is -0.743. The summed E-state index contributed by atoms with van der Waals surface area (Å²) in [5, 5.41) is 0. The number of ether oxygens (including phenoxy) is 2. The number of esters is 1. The van der Waals surface area contributed by atoms with Crippen molar-refractivity contribution in [3.63, 3.8) is 0 Å². The monoisotopic (exact) mass is 300 g/mol. The van der Waals surface area contributed by atoms with Gasteiger partial charge in [0.1, 0.15) is 17.8 Å². The molecule has 0 radical (unpaired) electrons. The second-order valence-corrected chi connectivity index (χ2v) is 5.69. The molecule has 4 nitrogen and oxygen atoms in total. The summed E-state index contributed by atoms with van der Waals surface area (Å²) >= 11 is 3.47. The molecule has 3 heterocycles. The van der Waals surface area contributed by atoms with E-state index in [1.54, 1.807) is 0 Å². The highest BCUT2D eigenvalue weighted by Gasteiger charge is 2.72. The number of fused-ring (bicyclic) bond motifs is 1. The summed E-state index contributed by atoms with van der Waals surface area (Å²) in [7, 11) is 0. The van der Waals surface area contributed by atoms with Crippen molar-refractivity contribution in [2.75, 3.05) is 0 Å². The van der Waals surface area contributed by atoms with Crippen LogP contribution in [0.5, 0.6) is 0 Å². The molecule has 2 bridgehead atoms. The average molecular weight is 301 g/mol. The first-order valence-electron chi connectivity index (χ1n) is 5.79. The summed E-state index contributed by atoms with van der Waals surface area (Å²) in [5.74, 6) is -1.17. The van der Waals surface area contributed by atoms with Crippen LogP contribution in [0.1, 0.15) is 20.3 Å². The summed E-state index contributed by atoms with van der Waals surface area (Å²) in [6.45, 7) is 3.46. The molecule has 92 valence electrons. The maximum atomic E-state index is 12.0. The van der Waals surface area contributed by atoms with Crippen molar-refractivity contribution in [2.45, 2.75) is 38.1 Å². The van der Waals surface area contributed by atoms with Crippen LogP contribution in [0, 0.1) is 11.8 Å². The summed E-state index contributed by atoms with van der Waals surface area (Å²) in [4.78, 5) is 23.7. The van der Waals surface area contributed by atoms with E-state index in [9.17, 15) is 9.59 Å². The smallest absolute Gasteiger partial charge is 0.313 e. The van der Waals surface area contributed by atoms with Crippen LogP contribution in [-0.4, -0.2) is 29.6 Å². The van der Waals surface area contributed by atoms with Crippen LogP contribution in [0.3, 0.4) is 0 Å². The average Bonchev–Trinajstić information content (AvgIpc) is 2.84. The number of Topliss-reactive ketones (excluding diaryl/α,β-unsaturated/α-hetero) is 1. The third-order valence-electron chi connectivity index (χ3n) is 4.02. The molecule has 0 amide bonds. The number of hydrogen-bond acceptors (Lipinski definition) is 4. The van der Waals surface area contributed by atoms with Crippen LogP contribution in [0.15, 0.2) is 10.6 Å². The van der Waals surface area contributed by atoms with Crippen LogP contribution in [0.4, 0.5) is 0 Å². The van der Waals surface area contributed by atoms with Crippen molar-refractivity contribution in [1.29, 1.82) is 0 Å². The summed E-state index contributed by atoms with van der Waals surface area (Å²) < 4.78 is 12.2. The number of hydrogen-bond donors (Lipinski definition) is 0. The molecule has 2 saturated heterocycles. The Bertz CT molecular complexity index is 444. The molecule has 0 aromatic carbocycles. The van der Waals surface area contributed by atoms with Crippen LogP contribution in [-0.2, 0) is 19.1 Å². The minimum Gasteiger partial charge on any atom is -0.459 e. The zero-order valence-corrected chi connectivity index (χ0v) is 11.2. The molecule has 0 saturated carbocycles. The largest absolute Gasteiger partial charge is 0.459 e. The van der Waals surface area contributed by atoms with Gasteiger partial charge < -0.3 is 9.47 Å². The highest BCUT2D eigenvalue weighted by Crippen LogP contribution is 2.59. The first-order chi connectivity index (χ1) is 8.02. The van der Waals surface area contributed by atoms with Crippen molar-refractivity contribution in [1.82, 2.24) is 0 Å². The molecule has 3 aliphatic rings. The maximum absolute atomic E-state index is 12.0. The van der Waals surface area contributed by atoms with E-state index >= 15 is 0 Å². The highest BCUT2D eigenvalue weighted by molar-refractivity contribution is 9.11. The Hall–Kier alpha value is -0.680. The maximum Gasteiger partial charge on any atom is 0.313 e. The molecular formula is C12H13BrO4. The third-order valence-corrected chi connectivity index (χ3v) is 4.90. The molecule has 0 N–H and O–H groups in total. The van der Waals surface area contributed by atoms with Crippen LogP contribution < -0.4 is 0 Å². The van der Waals surface area contributed by atoms with Gasteiger partial charge in [-0.15, -0.1) is 0 Å². The van der Waals surface area contributed by atoms with E-state index < -0.39 is 11.5 Å². The van der Waals surface area contributed by atoms with Gasteiger partial charge in [-0.05, 0) is 19.4 Å². The minimum absolute atomic E-state index is 0.00757. The zero-order chi connectivity index (χ0) is 12.4. The normalized spacial score (nSPS) is 46.8. The fourth-order valence-electron chi connectivity index (χ4n) is 3.35. The molecule has 5 heteroatoms. The number of cyclic esters (lactones) is 1. The lowest BCUT2D eigenvalue weighted by Gasteiger charge is -2.29. The third kappa shape index (κ3) is 1.16. The molecular weight excluding hydrogens is 288 g/mol. The van der Waals surface area contributed by atoms with Gasteiger partial charge in [-0.25, -0.2) is 0 Å². The molecule has 1 spiro atoms. The Labute approximate surface area is 107 Å². The first kappa shape index (κ1) is 11.4. The SMILES string of the molecule is CC[C@H]1OC(=O)[C@H]2[C@H](C(C)=O)[C@@H]3C=C(Br)[C@]12O3. The fraction of sp³-hybridized carbons (Fsp3) is 0.667. The van der Waals surface area contributed by atoms with E-state index in [4.69, 9.17) is 9.47 Å². The Morgan fingerprint density at radius 2 is 2.29 bits per heavy atom. The molecule has 17 heavy (non-hydrogen) atoms. The van der Waals surface area contributed by atoms with Crippen molar-refractivity contribution < 1.29 is 19.1 Å². The second kappa shape index (κ2) is 3.42. The molecule has 0 aliphatic carbocycles. The Morgan fingerprint density at radius 1 is 1.59 bits per heavy atom.